The summed E-state index contributed by atoms with van der Waals surface area (Å²) in [6.45, 7) is 0. The van der Waals surface area contributed by atoms with Crippen LogP contribution >= 0.6 is 23.2 Å². The zero-order valence-corrected chi connectivity index (χ0v) is 8.68. The highest BCUT2D eigenvalue weighted by Gasteiger charge is 2.06. The second-order valence-electron chi connectivity index (χ2n) is 2.75. The lowest BCUT2D eigenvalue weighted by atomic mass is 10.1. The molecule has 14 heavy (non-hydrogen) atoms. The van der Waals surface area contributed by atoms with Crippen molar-refractivity contribution < 1.29 is 0 Å². The van der Waals surface area contributed by atoms with E-state index in [2.05, 4.69) is 11.2 Å². The predicted octanol–water partition coefficient (Wildman–Crippen LogP) is 3.86. The summed E-state index contributed by atoms with van der Waals surface area (Å²) in [6.07, 6.45) is 2.75. The molecular weight excluding hydrogens is 217 g/mol. The molecule has 0 bridgehead atoms. The Balaban J connectivity index is 2.58. The van der Waals surface area contributed by atoms with Crippen LogP contribution in [-0.4, -0.2) is 4.98 Å². The Bertz CT molecular complexity index is 440. The molecule has 1 heterocycles. The van der Waals surface area contributed by atoms with Gasteiger partial charge in [0.25, 0.3) is 0 Å². The molecule has 69 valence electrons. The highest BCUT2D eigenvalue weighted by molar-refractivity contribution is 6.43. The van der Waals surface area contributed by atoms with Crippen LogP contribution in [0.1, 0.15) is 0 Å². The van der Waals surface area contributed by atoms with Gasteiger partial charge in [0, 0.05) is 5.56 Å². The molecule has 0 aliphatic heterocycles. The van der Waals surface area contributed by atoms with Gasteiger partial charge in [0.15, 0.2) is 0 Å². The van der Waals surface area contributed by atoms with Gasteiger partial charge in [-0.05, 0) is 18.2 Å². The first-order valence-corrected chi connectivity index (χ1v) is 4.82. The normalized spacial score (nSPS) is 10.1. The van der Waals surface area contributed by atoms with E-state index in [-0.39, 0.29) is 0 Å². The topological polar surface area (TPSA) is 12.9 Å². The minimum absolute atomic E-state index is 0.529. The van der Waals surface area contributed by atoms with E-state index < -0.39 is 0 Å². The van der Waals surface area contributed by atoms with Crippen molar-refractivity contribution in [3.63, 3.8) is 0 Å². The van der Waals surface area contributed by atoms with Crippen molar-refractivity contribution in [3.8, 4) is 11.3 Å². The molecule has 1 nitrogen and oxygen atoms in total. The molecule has 1 aromatic carbocycles. The smallest absolute Gasteiger partial charge is 0.0893 e. The molecule has 0 spiro atoms. The van der Waals surface area contributed by atoms with Crippen molar-refractivity contribution in [1.82, 2.24) is 4.98 Å². The Hall–Kier alpha value is -1.05. The van der Waals surface area contributed by atoms with Gasteiger partial charge in [0.2, 0.25) is 0 Å². The molecule has 0 atom stereocenters. The SMILES string of the molecule is Clc1cccc(-c2ccc[c]n2)c1Cl. The lowest BCUT2D eigenvalue weighted by Gasteiger charge is -2.03. The van der Waals surface area contributed by atoms with E-state index in [9.17, 15) is 0 Å². The summed E-state index contributed by atoms with van der Waals surface area (Å²) in [4.78, 5) is 4.08. The largest absolute Gasteiger partial charge is 0.246 e. The fourth-order valence-electron chi connectivity index (χ4n) is 1.18. The monoisotopic (exact) mass is 222 g/mol. The molecule has 0 saturated carbocycles. The number of aromatic nitrogens is 1. The summed E-state index contributed by atoms with van der Waals surface area (Å²) in [7, 11) is 0. The molecule has 1 radical (unpaired) electrons. The van der Waals surface area contributed by atoms with Gasteiger partial charge in [-0.25, -0.2) is 4.98 Å². The number of pyridine rings is 1. The van der Waals surface area contributed by atoms with Gasteiger partial charge in [0.1, 0.15) is 0 Å². The van der Waals surface area contributed by atoms with Crippen LogP contribution in [0.15, 0.2) is 36.4 Å². The van der Waals surface area contributed by atoms with E-state index in [1.165, 1.54) is 0 Å². The number of benzene rings is 1. The van der Waals surface area contributed by atoms with E-state index in [0.29, 0.717) is 10.0 Å². The number of halogens is 2. The van der Waals surface area contributed by atoms with Gasteiger partial charge in [-0.3, -0.25) is 0 Å². The summed E-state index contributed by atoms with van der Waals surface area (Å²) in [5.41, 5.74) is 1.61. The van der Waals surface area contributed by atoms with Gasteiger partial charge in [0.05, 0.1) is 21.9 Å². The maximum Gasteiger partial charge on any atom is 0.0893 e. The Morgan fingerprint density at radius 2 is 1.93 bits per heavy atom. The third-order valence-corrected chi connectivity index (χ3v) is 2.66. The average Bonchev–Trinajstić information content (AvgIpc) is 2.23. The molecule has 0 aliphatic rings. The average molecular weight is 223 g/mol. The molecule has 2 rings (SSSR count). The van der Waals surface area contributed by atoms with E-state index in [1.54, 1.807) is 12.1 Å². The van der Waals surface area contributed by atoms with Crippen molar-refractivity contribution in [1.29, 1.82) is 0 Å². The van der Waals surface area contributed by atoms with E-state index in [0.717, 1.165) is 11.3 Å². The van der Waals surface area contributed by atoms with Crippen LogP contribution in [0.5, 0.6) is 0 Å². The Kier molecular flexibility index (Phi) is 2.71. The van der Waals surface area contributed by atoms with Gasteiger partial charge >= 0.3 is 0 Å². The predicted molar refractivity (Wildman–Crippen MR) is 58.5 cm³/mol. The summed E-state index contributed by atoms with van der Waals surface area (Å²) in [5.74, 6) is 0. The molecule has 0 N–H and O–H groups in total. The molecule has 1 aromatic heterocycles. The number of hydrogen-bond acceptors (Lipinski definition) is 1. The molecular formula is C11H6Cl2N. The summed E-state index contributed by atoms with van der Waals surface area (Å²) >= 11 is 11.9. The van der Waals surface area contributed by atoms with Crippen LogP contribution in [0.2, 0.25) is 10.0 Å². The molecule has 0 amide bonds. The number of nitrogens with zero attached hydrogens (tertiary/aromatic N) is 1. The first-order valence-electron chi connectivity index (χ1n) is 4.06. The number of rotatable bonds is 1. The van der Waals surface area contributed by atoms with Crippen LogP contribution in [0.3, 0.4) is 0 Å². The highest BCUT2D eigenvalue weighted by Crippen LogP contribution is 2.31. The first kappa shape index (κ1) is 9.50. The van der Waals surface area contributed by atoms with E-state index in [4.69, 9.17) is 23.2 Å². The van der Waals surface area contributed by atoms with Crippen molar-refractivity contribution in [2.45, 2.75) is 0 Å². The molecule has 0 fully saturated rings. The molecule has 0 saturated heterocycles. The Morgan fingerprint density at radius 3 is 2.64 bits per heavy atom. The van der Waals surface area contributed by atoms with E-state index in [1.807, 2.05) is 24.3 Å². The minimum atomic E-state index is 0.529. The van der Waals surface area contributed by atoms with Gasteiger partial charge in [-0.1, -0.05) is 41.4 Å². The third kappa shape index (κ3) is 1.74. The fourth-order valence-corrected chi connectivity index (χ4v) is 1.58. The van der Waals surface area contributed by atoms with Gasteiger partial charge < -0.3 is 0 Å². The van der Waals surface area contributed by atoms with Crippen molar-refractivity contribution in [2.75, 3.05) is 0 Å². The third-order valence-electron chi connectivity index (χ3n) is 1.84. The molecule has 3 heteroatoms. The van der Waals surface area contributed by atoms with Crippen LogP contribution in [0.4, 0.5) is 0 Å². The molecule has 2 aromatic rings. The lowest BCUT2D eigenvalue weighted by molar-refractivity contribution is 1.31. The van der Waals surface area contributed by atoms with Crippen molar-refractivity contribution in [3.05, 3.63) is 52.6 Å². The fraction of sp³-hybridized carbons (Fsp3) is 0. The van der Waals surface area contributed by atoms with Gasteiger partial charge in [-0.15, -0.1) is 0 Å². The summed E-state index contributed by atoms with van der Waals surface area (Å²) in [5, 5.41) is 1.07. The van der Waals surface area contributed by atoms with Crippen LogP contribution in [0, 0.1) is 6.20 Å². The molecule has 0 aliphatic carbocycles. The Morgan fingerprint density at radius 1 is 1.07 bits per heavy atom. The highest BCUT2D eigenvalue weighted by atomic mass is 35.5. The van der Waals surface area contributed by atoms with E-state index >= 15 is 0 Å². The van der Waals surface area contributed by atoms with Crippen molar-refractivity contribution >= 4 is 23.2 Å². The second-order valence-corrected chi connectivity index (χ2v) is 3.54. The summed E-state index contributed by atoms with van der Waals surface area (Å²) in [6, 6.07) is 10.9. The molecule has 0 unspecified atom stereocenters. The maximum absolute atomic E-state index is 6.04. The lowest BCUT2D eigenvalue weighted by Crippen LogP contribution is -1.83. The second kappa shape index (κ2) is 3.99. The standard InChI is InChI=1S/C11H6Cl2N/c12-9-5-3-4-8(11(9)13)10-6-1-2-7-14-10/h1-6H. The zero-order chi connectivity index (χ0) is 9.97. The van der Waals surface area contributed by atoms with Crippen LogP contribution in [0.25, 0.3) is 11.3 Å². The quantitative estimate of drug-likeness (QED) is 0.715. The minimum Gasteiger partial charge on any atom is -0.246 e. The zero-order valence-electron chi connectivity index (χ0n) is 7.17. The Labute approximate surface area is 92.3 Å². The van der Waals surface area contributed by atoms with Crippen molar-refractivity contribution in [2.24, 2.45) is 0 Å². The van der Waals surface area contributed by atoms with Crippen LogP contribution < -0.4 is 0 Å². The van der Waals surface area contributed by atoms with Crippen LogP contribution in [-0.2, 0) is 0 Å². The van der Waals surface area contributed by atoms with Gasteiger partial charge in [-0.2, -0.15) is 0 Å². The first-order chi connectivity index (χ1) is 6.79. The number of hydrogen-bond donors (Lipinski definition) is 0. The summed E-state index contributed by atoms with van der Waals surface area (Å²) < 4.78 is 0. The maximum atomic E-state index is 6.04.